The molecule has 1 amide bonds. The Balaban J connectivity index is 1.91. The Morgan fingerprint density at radius 3 is 2.41 bits per heavy atom. The van der Waals surface area contributed by atoms with E-state index in [-0.39, 0.29) is 36.3 Å². The van der Waals surface area contributed by atoms with Crippen LogP contribution in [0, 0.1) is 5.82 Å². The molecule has 0 saturated heterocycles. The number of rotatable bonds is 8. The first-order valence-electron chi connectivity index (χ1n) is 8.95. The number of amides is 1. The first kappa shape index (κ1) is 21.0. The van der Waals surface area contributed by atoms with E-state index in [0.29, 0.717) is 10.4 Å². The van der Waals surface area contributed by atoms with Crippen LogP contribution in [0.15, 0.2) is 66.0 Å². The minimum atomic E-state index is -3.70. The monoisotopic (exact) mass is 433 g/mol. The molecule has 1 heterocycles. The summed E-state index contributed by atoms with van der Waals surface area (Å²) >= 11 is 1.32. The molecule has 3 aromatic rings. The van der Waals surface area contributed by atoms with E-state index < -0.39 is 10.1 Å². The highest BCUT2D eigenvalue weighted by molar-refractivity contribution is 7.87. The van der Waals surface area contributed by atoms with Crippen LogP contribution >= 0.6 is 11.3 Å². The van der Waals surface area contributed by atoms with Gasteiger partial charge in [0.1, 0.15) is 11.6 Å². The molecule has 0 fully saturated rings. The fraction of sp³-hybridized carbons (Fsp3) is 0.190. The smallest absolute Gasteiger partial charge is 0.308 e. The quantitative estimate of drug-likeness (QED) is 0.492. The fourth-order valence-corrected chi connectivity index (χ4v) is 3.93. The third kappa shape index (κ3) is 5.65. The van der Waals surface area contributed by atoms with Crippen molar-refractivity contribution >= 4 is 27.4 Å². The molecular weight excluding hydrogens is 413 g/mol. The van der Waals surface area contributed by atoms with Crippen LogP contribution in [0.4, 0.5) is 4.39 Å². The third-order valence-corrected chi connectivity index (χ3v) is 6.21. The van der Waals surface area contributed by atoms with E-state index in [4.69, 9.17) is 4.18 Å². The van der Waals surface area contributed by atoms with Crippen LogP contribution in [-0.4, -0.2) is 25.0 Å². The summed E-state index contributed by atoms with van der Waals surface area (Å²) in [5.74, 6) is -0.516. The van der Waals surface area contributed by atoms with Crippen LogP contribution in [0.3, 0.4) is 0 Å². The van der Waals surface area contributed by atoms with E-state index in [2.05, 4.69) is 0 Å². The number of halogens is 1. The highest BCUT2D eigenvalue weighted by Gasteiger charge is 2.21. The van der Waals surface area contributed by atoms with Gasteiger partial charge >= 0.3 is 10.1 Å². The summed E-state index contributed by atoms with van der Waals surface area (Å²) in [6.07, 6.45) is 0. The van der Waals surface area contributed by atoms with Gasteiger partial charge in [0.25, 0.3) is 5.91 Å². The van der Waals surface area contributed by atoms with Gasteiger partial charge in [-0.2, -0.15) is 8.42 Å². The van der Waals surface area contributed by atoms with Gasteiger partial charge < -0.3 is 9.08 Å². The molecule has 0 bridgehead atoms. The van der Waals surface area contributed by atoms with Gasteiger partial charge in [-0.3, -0.25) is 4.79 Å². The lowest BCUT2D eigenvalue weighted by molar-refractivity contribution is 0.0734. The van der Waals surface area contributed by atoms with E-state index in [1.54, 1.807) is 53.4 Å². The molecule has 8 heteroatoms. The second kappa shape index (κ2) is 9.19. The number of thiophene rings is 1. The van der Waals surface area contributed by atoms with Gasteiger partial charge in [-0.05, 0) is 42.1 Å². The summed E-state index contributed by atoms with van der Waals surface area (Å²) in [5.41, 5.74) is 1.33. The van der Waals surface area contributed by atoms with Crippen LogP contribution in [-0.2, 0) is 23.2 Å². The molecule has 0 saturated carbocycles. The number of para-hydroxylation sites is 1. The average molecular weight is 434 g/mol. The van der Waals surface area contributed by atoms with Crippen molar-refractivity contribution in [2.45, 2.75) is 20.0 Å². The average Bonchev–Trinajstić information content (AvgIpc) is 3.24. The normalized spacial score (nSPS) is 11.2. The summed E-state index contributed by atoms with van der Waals surface area (Å²) in [5, 5.41) is 1.81. The molecule has 1 aromatic heterocycles. The Morgan fingerprint density at radius 2 is 1.76 bits per heavy atom. The van der Waals surface area contributed by atoms with Crippen LogP contribution in [0.1, 0.15) is 27.7 Å². The maximum absolute atomic E-state index is 13.2. The molecule has 5 nitrogen and oxygen atoms in total. The molecule has 152 valence electrons. The van der Waals surface area contributed by atoms with Crippen molar-refractivity contribution in [3.8, 4) is 5.75 Å². The van der Waals surface area contributed by atoms with Crippen molar-refractivity contribution in [3.63, 3.8) is 0 Å². The molecular formula is C21H20FNO4S2. The van der Waals surface area contributed by atoms with Crippen molar-refractivity contribution in [1.82, 2.24) is 4.90 Å². The zero-order valence-electron chi connectivity index (χ0n) is 15.7. The molecule has 0 radical (unpaired) electrons. The second-order valence-corrected chi connectivity index (χ2v) is 9.11. The van der Waals surface area contributed by atoms with Crippen molar-refractivity contribution in [3.05, 3.63) is 87.9 Å². The number of carbonyl (C=O) groups excluding carboxylic acids is 1. The highest BCUT2D eigenvalue weighted by atomic mass is 32.2. The molecule has 0 aliphatic carbocycles. The van der Waals surface area contributed by atoms with Gasteiger partial charge in [-0.1, -0.05) is 36.4 Å². The largest absolute Gasteiger partial charge is 0.382 e. The summed E-state index contributed by atoms with van der Waals surface area (Å²) in [6, 6.07) is 16.2. The summed E-state index contributed by atoms with van der Waals surface area (Å²) < 4.78 is 42.3. The summed E-state index contributed by atoms with van der Waals surface area (Å²) in [7, 11) is -3.70. The zero-order valence-corrected chi connectivity index (χ0v) is 17.4. The lowest BCUT2D eigenvalue weighted by atomic mass is 10.1. The highest BCUT2D eigenvalue weighted by Crippen LogP contribution is 2.24. The maximum Gasteiger partial charge on any atom is 0.308 e. The molecule has 0 unspecified atom stereocenters. The van der Waals surface area contributed by atoms with Gasteiger partial charge in [0, 0.05) is 12.1 Å². The van der Waals surface area contributed by atoms with Gasteiger partial charge in [-0.15, -0.1) is 11.3 Å². The fourth-order valence-electron chi connectivity index (χ4n) is 2.68. The Kier molecular flexibility index (Phi) is 6.66. The van der Waals surface area contributed by atoms with E-state index >= 15 is 0 Å². The maximum atomic E-state index is 13.2. The van der Waals surface area contributed by atoms with E-state index in [1.165, 1.54) is 30.4 Å². The van der Waals surface area contributed by atoms with Gasteiger partial charge in [0.2, 0.25) is 0 Å². The van der Waals surface area contributed by atoms with Gasteiger partial charge in [0.15, 0.2) is 0 Å². The molecule has 3 rings (SSSR count). The predicted octanol–water partition coefficient (Wildman–Crippen LogP) is 4.46. The van der Waals surface area contributed by atoms with E-state index in [9.17, 15) is 17.6 Å². The Bertz CT molecular complexity index is 1060. The lowest BCUT2D eigenvalue weighted by Gasteiger charge is -2.23. The van der Waals surface area contributed by atoms with Crippen LogP contribution < -0.4 is 4.18 Å². The standard InChI is InChI=1S/C21H20FNO4S2/c1-2-29(25,26)27-19-7-4-3-6-17(19)15-23(21(24)20-8-5-13-28-20)14-16-9-11-18(22)12-10-16/h3-13H,2,14-15H2,1H3. The number of hydrogen-bond donors (Lipinski definition) is 0. The number of carbonyl (C=O) groups is 1. The van der Waals surface area contributed by atoms with Crippen LogP contribution in [0.2, 0.25) is 0 Å². The molecule has 0 aliphatic heterocycles. The molecule has 29 heavy (non-hydrogen) atoms. The molecule has 0 aliphatic rings. The van der Waals surface area contributed by atoms with Crippen LogP contribution in [0.25, 0.3) is 0 Å². The summed E-state index contributed by atoms with van der Waals surface area (Å²) in [6.45, 7) is 1.88. The molecule has 0 spiro atoms. The molecule has 0 atom stereocenters. The summed E-state index contributed by atoms with van der Waals surface area (Å²) in [4.78, 5) is 15.2. The molecule has 2 aromatic carbocycles. The van der Waals surface area contributed by atoms with E-state index in [0.717, 1.165) is 5.56 Å². The Labute approximate surface area is 173 Å². The lowest BCUT2D eigenvalue weighted by Crippen LogP contribution is -2.30. The second-order valence-electron chi connectivity index (χ2n) is 6.30. The molecule has 0 N–H and O–H groups in total. The van der Waals surface area contributed by atoms with Crippen LogP contribution in [0.5, 0.6) is 5.75 Å². The third-order valence-electron chi connectivity index (χ3n) is 4.21. The number of benzene rings is 2. The number of nitrogens with zero attached hydrogens (tertiary/aromatic N) is 1. The number of hydrogen-bond acceptors (Lipinski definition) is 5. The minimum Gasteiger partial charge on any atom is -0.382 e. The Hall–Kier alpha value is -2.71. The zero-order chi connectivity index (χ0) is 20.9. The van der Waals surface area contributed by atoms with Gasteiger partial charge in [-0.25, -0.2) is 4.39 Å². The van der Waals surface area contributed by atoms with E-state index in [1.807, 2.05) is 5.38 Å². The van der Waals surface area contributed by atoms with Crippen molar-refractivity contribution in [2.24, 2.45) is 0 Å². The minimum absolute atomic E-state index is 0.142. The van der Waals surface area contributed by atoms with Crippen molar-refractivity contribution < 1.29 is 21.8 Å². The van der Waals surface area contributed by atoms with Gasteiger partial charge in [0.05, 0.1) is 17.2 Å². The topological polar surface area (TPSA) is 63.7 Å². The SMILES string of the molecule is CCS(=O)(=O)Oc1ccccc1CN(Cc1ccc(F)cc1)C(=O)c1cccs1. The first-order valence-corrected chi connectivity index (χ1v) is 11.4. The van der Waals surface area contributed by atoms with Crippen molar-refractivity contribution in [1.29, 1.82) is 0 Å². The first-order chi connectivity index (χ1) is 13.9. The van der Waals surface area contributed by atoms with Crippen molar-refractivity contribution in [2.75, 3.05) is 5.75 Å². The predicted molar refractivity (Wildman–Crippen MR) is 111 cm³/mol. The Morgan fingerprint density at radius 1 is 1.03 bits per heavy atom.